The molecule has 1 saturated carbocycles. The molecule has 1 heterocycles. The van der Waals surface area contributed by atoms with E-state index in [0.717, 1.165) is 19.4 Å². The van der Waals surface area contributed by atoms with Crippen LogP contribution in [0.3, 0.4) is 0 Å². The maximum Gasteiger partial charge on any atom is 0.254 e. The van der Waals surface area contributed by atoms with Gasteiger partial charge in [-0.2, -0.15) is 5.10 Å². The van der Waals surface area contributed by atoms with Gasteiger partial charge in [0.1, 0.15) is 0 Å². The molecule has 1 aliphatic carbocycles. The molecule has 0 radical (unpaired) electrons. The van der Waals surface area contributed by atoms with Crippen molar-refractivity contribution >= 4 is 5.91 Å². The molecule has 5 heteroatoms. The summed E-state index contributed by atoms with van der Waals surface area (Å²) in [6.45, 7) is 6.95. The predicted octanol–water partition coefficient (Wildman–Crippen LogP) is 1.37. The number of hydrogen-bond acceptors (Lipinski definition) is 3. The second kappa shape index (κ2) is 5.33. The number of amides is 1. The van der Waals surface area contributed by atoms with E-state index in [0.29, 0.717) is 17.5 Å². The molecule has 1 aromatic rings. The van der Waals surface area contributed by atoms with Gasteiger partial charge in [-0.3, -0.25) is 9.48 Å². The van der Waals surface area contributed by atoms with Gasteiger partial charge in [0.25, 0.3) is 5.91 Å². The Bertz CT molecular complexity index is 441. The molecule has 0 aliphatic heterocycles. The van der Waals surface area contributed by atoms with Crippen molar-refractivity contribution in [3.8, 4) is 0 Å². The Hall–Kier alpha value is -1.36. The van der Waals surface area contributed by atoms with Gasteiger partial charge in [0.2, 0.25) is 0 Å². The van der Waals surface area contributed by atoms with Crippen molar-refractivity contribution in [2.45, 2.75) is 45.2 Å². The van der Waals surface area contributed by atoms with E-state index in [-0.39, 0.29) is 11.4 Å². The van der Waals surface area contributed by atoms with Crippen LogP contribution in [0.15, 0.2) is 12.4 Å². The highest BCUT2D eigenvalue weighted by Crippen LogP contribution is 2.26. The standard InChI is InChI=1S/C14H24N4O/c1-14(2,3)18-9-11(8-17-18)13(19)16-7-10-5-12(6-10)15-4/h8-10,12,15H,5-7H2,1-4H3,(H,16,19). The Kier molecular flexibility index (Phi) is 3.94. The van der Waals surface area contributed by atoms with Crippen LogP contribution in [0.4, 0.5) is 0 Å². The molecule has 0 unspecified atom stereocenters. The van der Waals surface area contributed by atoms with Crippen LogP contribution in [-0.4, -0.2) is 35.3 Å². The fraction of sp³-hybridized carbons (Fsp3) is 0.714. The minimum atomic E-state index is -0.0908. The summed E-state index contributed by atoms with van der Waals surface area (Å²) in [5.41, 5.74) is 0.548. The third-order valence-electron chi connectivity index (χ3n) is 3.73. The SMILES string of the molecule is CNC1CC(CNC(=O)c2cnn(C(C)(C)C)c2)C1. The number of rotatable bonds is 4. The topological polar surface area (TPSA) is 58.9 Å². The molecule has 1 fully saturated rings. The summed E-state index contributed by atoms with van der Waals surface area (Å²) in [4.78, 5) is 12.0. The van der Waals surface area contributed by atoms with E-state index in [9.17, 15) is 4.79 Å². The first kappa shape index (κ1) is 14.1. The molecule has 2 N–H and O–H groups in total. The maximum atomic E-state index is 12.0. The normalized spacial score (nSPS) is 22.9. The Morgan fingerprint density at radius 3 is 2.68 bits per heavy atom. The molecule has 5 nitrogen and oxygen atoms in total. The summed E-state index contributed by atoms with van der Waals surface area (Å²) in [6.07, 6.45) is 5.75. The molecule has 1 aromatic heterocycles. The molecule has 0 bridgehead atoms. The highest BCUT2D eigenvalue weighted by Gasteiger charge is 2.28. The molecule has 0 atom stereocenters. The summed E-state index contributed by atoms with van der Waals surface area (Å²) in [6, 6.07) is 0.630. The summed E-state index contributed by atoms with van der Waals surface area (Å²) in [5, 5.41) is 10.5. The maximum absolute atomic E-state index is 12.0. The lowest BCUT2D eigenvalue weighted by Gasteiger charge is -2.35. The van der Waals surface area contributed by atoms with E-state index in [2.05, 4.69) is 36.5 Å². The Labute approximate surface area is 114 Å². The van der Waals surface area contributed by atoms with Crippen LogP contribution < -0.4 is 10.6 Å². The number of hydrogen-bond donors (Lipinski definition) is 2. The second-order valence-corrected chi connectivity index (χ2v) is 6.38. The van der Waals surface area contributed by atoms with Gasteiger partial charge in [0.15, 0.2) is 0 Å². The third kappa shape index (κ3) is 3.35. The van der Waals surface area contributed by atoms with E-state index >= 15 is 0 Å². The number of carbonyl (C=O) groups is 1. The van der Waals surface area contributed by atoms with Crippen LogP contribution in [0.25, 0.3) is 0 Å². The zero-order valence-electron chi connectivity index (χ0n) is 12.2. The first-order valence-electron chi connectivity index (χ1n) is 6.90. The second-order valence-electron chi connectivity index (χ2n) is 6.38. The van der Waals surface area contributed by atoms with Crippen molar-refractivity contribution in [2.75, 3.05) is 13.6 Å². The molecule has 1 amide bonds. The fourth-order valence-corrected chi connectivity index (χ4v) is 2.28. The van der Waals surface area contributed by atoms with Crippen molar-refractivity contribution in [1.29, 1.82) is 0 Å². The lowest BCUT2D eigenvalue weighted by Crippen LogP contribution is -2.44. The molecule has 0 aromatic carbocycles. The quantitative estimate of drug-likeness (QED) is 0.863. The monoisotopic (exact) mass is 264 g/mol. The van der Waals surface area contributed by atoms with Gasteiger partial charge < -0.3 is 10.6 Å². The number of nitrogens with zero attached hydrogens (tertiary/aromatic N) is 2. The van der Waals surface area contributed by atoms with Gasteiger partial charge in [0, 0.05) is 18.8 Å². The van der Waals surface area contributed by atoms with Crippen molar-refractivity contribution in [2.24, 2.45) is 5.92 Å². The number of nitrogens with one attached hydrogen (secondary N) is 2. The van der Waals surface area contributed by atoms with Crippen molar-refractivity contribution < 1.29 is 4.79 Å². The van der Waals surface area contributed by atoms with Gasteiger partial charge in [-0.25, -0.2) is 0 Å². The smallest absolute Gasteiger partial charge is 0.254 e. The minimum absolute atomic E-state index is 0.0246. The summed E-state index contributed by atoms with van der Waals surface area (Å²) in [5.74, 6) is 0.586. The Morgan fingerprint density at radius 2 is 2.16 bits per heavy atom. The number of carbonyl (C=O) groups excluding carboxylic acids is 1. The zero-order valence-corrected chi connectivity index (χ0v) is 12.2. The Morgan fingerprint density at radius 1 is 1.47 bits per heavy atom. The summed E-state index contributed by atoms with van der Waals surface area (Å²) < 4.78 is 1.82. The first-order chi connectivity index (χ1) is 8.90. The average molecular weight is 264 g/mol. The van der Waals surface area contributed by atoms with Crippen LogP contribution >= 0.6 is 0 Å². The molecule has 19 heavy (non-hydrogen) atoms. The van der Waals surface area contributed by atoms with Crippen molar-refractivity contribution in [3.05, 3.63) is 18.0 Å². The predicted molar refractivity (Wildman–Crippen MR) is 75.1 cm³/mol. The molecular formula is C14H24N4O. The zero-order chi connectivity index (χ0) is 14.0. The van der Waals surface area contributed by atoms with Gasteiger partial charge in [-0.15, -0.1) is 0 Å². The van der Waals surface area contributed by atoms with Crippen molar-refractivity contribution in [1.82, 2.24) is 20.4 Å². The molecule has 0 saturated heterocycles. The van der Waals surface area contributed by atoms with Gasteiger partial charge in [-0.05, 0) is 46.6 Å². The van der Waals surface area contributed by atoms with Crippen molar-refractivity contribution in [3.63, 3.8) is 0 Å². The average Bonchev–Trinajstić information content (AvgIpc) is 2.75. The van der Waals surface area contributed by atoms with Crippen LogP contribution in [-0.2, 0) is 5.54 Å². The number of aromatic nitrogens is 2. The fourth-order valence-electron chi connectivity index (χ4n) is 2.28. The van der Waals surface area contributed by atoms with E-state index in [1.54, 1.807) is 6.20 Å². The third-order valence-corrected chi connectivity index (χ3v) is 3.73. The molecule has 0 spiro atoms. The van der Waals surface area contributed by atoms with Crippen LogP contribution in [0.5, 0.6) is 0 Å². The van der Waals surface area contributed by atoms with E-state index in [4.69, 9.17) is 0 Å². The molecule has 106 valence electrons. The van der Waals surface area contributed by atoms with E-state index < -0.39 is 0 Å². The molecule has 1 aliphatic rings. The molecule has 2 rings (SSSR count). The van der Waals surface area contributed by atoms with E-state index in [1.807, 2.05) is 17.9 Å². The summed E-state index contributed by atoms with van der Waals surface area (Å²) >= 11 is 0. The highest BCUT2D eigenvalue weighted by atomic mass is 16.1. The highest BCUT2D eigenvalue weighted by molar-refractivity contribution is 5.93. The largest absolute Gasteiger partial charge is 0.352 e. The molecular weight excluding hydrogens is 240 g/mol. The minimum Gasteiger partial charge on any atom is -0.352 e. The lowest BCUT2D eigenvalue weighted by atomic mass is 9.80. The van der Waals surface area contributed by atoms with Gasteiger partial charge >= 0.3 is 0 Å². The lowest BCUT2D eigenvalue weighted by molar-refractivity contribution is 0.0932. The first-order valence-corrected chi connectivity index (χ1v) is 6.90. The van der Waals surface area contributed by atoms with Crippen LogP contribution in [0.1, 0.15) is 44.0 Å². The van der Waals surface area contributed by atoms with Crippen LogP contribution in [0, 0.1) is 5.92 Å². The van der Waals surface area contributed by atoms with Crippen LogP contribution in [0.2, 0.25) is 0 Å². The van der Waals surface area contributed by atoms with E-state index in [1.165, 1.54) is 0 Å². The summed E-state index contributed by atoms with van der Waals surface area (Å²) in [7, 11) is 1.99. The Balaban J connectivity index is 1.82. The van der Waals surface area contributed by atoms with Gasteiger partial charge in [-0.1, -0.05) is 0 Å². The van der Waals surface area contributed by atoms with Gasteiger partial charge in [0.05, 0.1) is 17.3 Å².